The zero-order valence-electron chi connectivity index (χ0n) is 11.1. The molecule has 0 heterocycles. The lowest BCUT2D eigenvalue weighted by atomic mass is 10.1. The highest BCUT2D eigenvalue weighted by Crippen LogP contribution is 2.36. The van der Waals surface area contributed by atoms with Gasteiger partial charge in [0.15, 0.2) is 23.3 Å². The molecule has 0 fully saturated rings. The predicted molar refractivity (Wildman–Crippen MR) is 58.7 cm³/mol. The van der Waals surface area contributed by atoms with E-state index >= 15 is 0 Å². The van der Waals surface area contributed by atoms with Gasteiger partial charge in [0.2, 0.25) is 0 Å². The van der Waals surface area contributed by atoms with Crippen molar-refractivity contribution in [3.05, 3.63) is 34.4 Å². The second kappa shape index (κ2) is 8.01. The summed E-state index contributed by atoms with van der Waals surface area (Å²) in [5.41, 5.74) is -3.68. The molecule has 0 aliphatic carbocycles. The summed E-state index contributed by atoms with van der Waals surface area (Å²) in [7, 11) is 0. The van der Waals surface area contributed by atoms with E-state index in [1.165, 1.54) is 0 Å². The first kappa shape index (κ1) is 20.1. The summed E-state index contributed by atoms with van der Waals surface area (Å²) < 4.78 is 86.7. The summed E-state index contributed by atoms with van der Waals surface area (Å²) in [4.78, 5) is 0. The first-order chi connectivity index (χ1) is 8.68. The van der Waals surface area contributed by atoms with Crippen LogP contribution < -0.4 is 0 Å². The lowest BCUT2D eigenvalue weighted by molar-refractivity contribution is -0.143. The number of hydrogen-bond acceptors (Lipinski definition) is 0. The lowest BCUT2D eigenvalue weighted by Gasteiger charge is -2.11. The van der Waals surface area contributed by atoms with Crippen LogP contribution in [0.25, 0.3) is 0 Å². The number of halogens is 7. The molecule has 1 aromatic carbocycles. The average Bonchev–Trinajstić information content (AvgIpc) is 2.37. The van der Waals surface area contributed by atoms with Crippen molar-refractivity contribution in [1.29, 1.82) is 0 Å². The molecule has 0 amide bonds. The fourth-order valence-electron chi connectivity index (χ4n) is 0.990. The van der Waals surface area contributed by atoms with Crippen molar-refractivity contribution in [2.75, 3.05) is 0 Å². The topological polar surface area (TPSA) is 0 Å². The number of benzene rings is 1. The standard InChI is InChI=1S/C8H3F7.2C2H6/c1-2-4(9)6(11)3(8(13,14)15)7(12)5(2)10;2*1-2/h1H3;2*1-2H3. The summed E-state index contributed by atoms with van der Waals surface area (Å²) in [6, 6.07) is 0. The maximum absolute atomic E-state index is 12.7. The molecule has 0 bridgehead atoms. The molecule has 0 aliphatic rings. The largest absolute Gasteiger partial charge is 0.422 e. The van der Waals surface area contributed by atoms with Gasteiger partial charge in [-0.05, 0) is 6.92 Å². The Morgan fingerprint density at radius 2 is 0.895 bits per heavy atom. The van der Waals surface area contributed by atoms with Crippen LogP contribution in [0.1, 0.15) is 38.8 Å². The van der Waals surface area contributed by atoms with E-state index in [1.807, 2.05) is 27.7 Å². The third kappa shape index (κ3) is 4.40. The quantitative estimate of drug-likeness (QED) is 0.430. The molecule has 0 unspecified atom stereocenters. The monoisotopic (exact) mass is 292 g/mol. The Morgan fingerprint density at radius 1 is 0.632 bits per heavy atom. The molecule has 19 heavy (non-hydrogen) atoms. The van der Waals surface area contributed by atoms with Crippen molar-refractivity contribution in [2.45, 2.75) is 40.8 Å². The Balaban J connectivity index is 0. The molecule has 0 spiro atoms. The van der Waals surface area contributed by atoms with Gasteiger partial charge in [0.05, 0.1) is 0 Å². The SMILES string of the molecule is CC.CC.Cc1c(F)c(F)c(C(F)(F)F)c(F)c1F. The van der Waals surface area contributed by atoms with Crippen LogP contribution in [0.15, 0.2) is 0 Å². The Hall–Kier alpha value is -1.27. The van der Waals surface area contributed by atoms with Crippen LogP contribution in [0.2, 0.25) is 0 Å². The van der Waals surface area contributed by atoms with E-state index in [4.69, 9.17) is 0 Å². The maximum atomic E-state index is 12.7. The molecular formula is C12H15F7. The van der Waals surface area contributed by atoms with Crippen molar-refractivity contribution in [3.8, 4) is 0 Å². The first-order valence-electron chi connectivity index (χ1n) is 5.57. The Bertz CT molecular complexity index is 379. The summed E-state index contributed by atoms with van der Waals surface area (Å²) in [6.45, 7) is 8.64. The number of rotatable bonds is 0. The number of hydrogen-bond donors (Lipinski definition) is 0. The van der Waals surface area contributed by atoms with Gasteiger partial charge in [0.25, 0.3) is 0 Å². The molecule has 0 saturated carbocycles. The van der Waals surface area contributed by atoms with E-state index < -0.39 is 40.6 Å². The summed E-state index contributed by atoms with van der Waals surface area (Å²) in [5.74, 6) is -8.94. The third-order valence-corrected chi connectivity index (χ3v) is 1.77. The summed E-state index contributed by atoms with van der Waals surface area (Å²) >= 11 is 0. The zero-order chi connectivity index (χ0) is 16.0. The van der Waals surface area contributed by atoms with Gasteiger partial charge < -0.3 is 0 Å². The molecule has 0 nitrogen and oxygen atoms in total. The maximum Gasteiger partial charge on any atom is 0.422 e. The highest BCUT2D eigenvalue weighted by atomic mass is 19.4. The van der Waals surface area contributed by atoms with Gasteiger partial charge in [-0.25, -0.2) is 17.6 Å². The van der Waals surface area contributed by atoms with Gasteiger partial charge in [-0.3, -0.25) is 0 Å². The molecule has 112 valence electrons. The van der Waals surface area contributed by atoms with Gasteiger partial charge in [0.1, 0.15) is 5.56 Å². The van der Waals surface area contributed by atoms with Crippen molar-refractivity contribution < 1.29 is 30.7 Å². The zero-order valence-corrected chi connectivity index (χ0v) is 11.1. The molecule has 1 aromatic rings. The molecule has 1 rings (SSSR count). The van der Waals surface area contributed by atoms with E-state index in [0.717, 1.165) is 0 Å². The lowest BCUT2D eigenvalue weighted by Crippen LogP contribution is -2.16. The average molecular weight is 292 g/mol. The second-order valence-corrected chi connectivity index (χ2v) is 2.75. The molecule has 0 atom stereocenters. The fraction of sp³-hybridized carbons (Fsp3) is 0.500. The smallest absolute Gasteiger partial charge is 0.203 e. The van der Waals surface area contributed by atoms with Crippen LogP contribution in [0.3, 0.4) is 0 Å². The van der Waals surface area contributed by atoms with Crippen molar-refractivity contribution in [3.63, 3.8) is 0 Å². The molecule has 7 heteroatoms. The van der Waals surface area contributed by atoms with Gasteiger partial charge in [0, 0.05) is 5.56 Å². The van der Waals surface area contributed by atoms with E-state index in [-0.39, 0.29) is 0 Å². The fourth-order valence-corrected chi connectivity index (χ4v) is 0.990. The molecular weight excluding hydrogens is 277 g/mol. The minimum Gasteiger partial charge on any atom is -0.203 e. The normalized spacial score (nSPS) is 10.1. The van der Waals surface area contributed by atoms with Gasteiger partial charge in [-0.15, -0.1) is 0 Å². The molecule has 0 aromatic heterocycles. The highest BCUT2D eigenvalue weighted by Gasteiger charge is 2.41. The molecule has 0 N–H and O–H groups in total. The summed E-state index contributed by atoms with van der Waals surface area (Å²) in [5, 5.41) is 0. The van der Waals surface area contributed by atoms with E-state index in [1.54, 1.807) is 0 Å². The first-order valence-corrected chi connectivity index (χ1v) is 5.57. The van der Waals surface area contributed by atoms with Crippen LogP contribution in [0, 0.1) is 30.2 Å². The summed E-state index contributed by atoms with van der Waals surface area (Å²) in [6.07, 6.45) is -5.48. The van der Waals surface area contributed by atoms with Crippen LogP contribution in [0.4, 0.5) is 30.7 Å². The van der Waals surface area contributed by atoms with Crippen LogP contribution in [-0.4, -0.2) is 0 Å². The minimum absolute atomic E-state index is 0.636. The van der Waals surface area contributed by atoms with Crippen molar-refractivity contribution >= 4 is 0 Å². The Labute approximate surface area is 107 Å². The third-order valence-electron chi connectivity index (χ3n) is 1.77. The van der Waals surface area contributed by atoms with Gasteiger partial charge in [-0.1, -0.05) is 27.7 Å². The molecule has 0 aliphatic heterocycles. The molecule has 0 radical (unpaired) electrons. The van der Waals surface area contributed by atoms with E-state index in [2.05, 4.69) is 0 Å². The predicted octanol–water partition coefficient (Wildman–Crippen LogP) is 5.62. The number of alkyl halides is 3. The highest BCUT2D eigenvalue weighted by molar-refractivity contribution is 5.30. The van der Waals surface area contributed by atoms with E-state index in [0.29, 0.717) is 6.92 Å². The van der Waals surface area contributed by atoms with Crippen LogP contribution in [0.5, 0.6) is 0 Å². The van der Waals surface area contributed by atoms with E-state index in [9.17, 15) is 30.7 Å². The van der Waals surface area contributed by atoms with Crippen molar-refractivity contribution in [1.82, 2.24) is 0 Å². The van der Waals surface area contributed by atoms with Gasteiger partial charge in [-0.2, -0.15) is 13.2 Å². The van der Waals surface area contributed by atoms with Crippen LogP contribution >= 0.6 is 0 Å². The second-order valence-electron chi connectivity index (χ2n) is 2.75. The minimum atomic E-state index is -5.48. The Kier molecular flexibility index (Phi) is 8.46. The molecule has 0 saturated heterocycles. The Morgan fingerprint density at radius 3 is 1.11 bits per heavy atom. The van der Waals surface area contributed by atoms with Crippen molar-refractivity contribution in [2.24, 2.45) is 0 Å². The van der Waals surface area contributed by atoms with Crippen LogP contribution in [-0.2, 0) is 6.18 Å². The van der Waals surface area contributed by atoms with Gasteiger partial charge >= 0.3 is 6.18 Å².